The number of hydrogen-bond donors (Lipinski definition) is 1. The fraction of sp³-hybridized carbons (Fsp3) is 0.167. The van der Waals surface area contributed by atoms with E-state index in [-0.39, 0.29) is 6.04 Å². The maximum Gasteiger partial charge on any atom is 0.0668 e. The Labute approximate surface area is 112 Å². The van der Waals surface area contributed by atoms with Gasteiger partial charge in [0.05, 0.1) is 6.04 Å². The lowest BCUT2D eigenvalue weighted by Crippen LogP contribution is -2.11. The summed E-state index contributed by atoms with van der Waals surface area (Å²) in [5, 5.41) is 2.06. The molecule has 0 aliphatic rings. The Morgan fingerprint density at radius 3 is 2.69 bits per heavy atom. The molecule has 0 radical (unpaired) electrons. The highest BCUT2D eigenvalue weighted by molar-refractivity contribution is 9.10. The molecule has 16 heavy (non-hydrogen) atoms. The van der Waals surface area contributed by atoms with E-state index < -0.39 is 0 Å². The van der Waals surface area contributed by atoms with Crippen LogP contribution in [0, 0.1) is 0 Å². The van der Waals surface area contributed by atoms with Gasteiger partial charge >= 0.3 is 0 Å². The number of benzene rings is 1. The zero-order valence-electron chi connectivity index (χ0n) is 8.81. The van der Waals surface area contributed by atoms with Crippen LogP contribution in [0.5, 0.6) is 0 Å². The van der Waals surface area contributed by atoms with Crippen molar-refractivity contribution in [3.63, 3.8) is 0 Å². The zero-order valence-corrected chi connectivity index (χ0v) is 12.0. The van der Waals surface area contributed by atoms with Crippen molar-refractivity contribution in [2.24, 2.45) is 5.73 Å². The van der Waals surface area contributed by atoms with Crippen LogP contribution in [0.4, 0.5) is 0 Å². The molecule has 2 rings (SSSR count). The van der Waals surface area contributed by atoms with E-state index in [4.69, 9.17) is 5.73 Å². The highest BCUT2D eigenvalue weighted by Crippen LogP contribution is 2.35. The maximum absolute atomic E-state index is 6.31. The largest absolute Gasteiger partial charge is 0.320 e. The fourth-order valence-corrected chi connectivity index (χ4v) is 3.88. The molecule has 1 atom stereocenters. The standard InChI is InChI=1S/C12H12BrNS2/c1-15-10-5-3-2-4-8(10)11(14)12-9(13)6-7-16-12/h2-7,11H,14H2,1H3. The van der Waals surface area contributed by atoms with Gasteiger partial charge in [-0.3, -0.25) is 0 Å². The molecule has 0 aliphatic carbocycles. The van der Waals surface area contributed by atoms with Crippen LogP contribution in [0.1, 0.15) is 16.5 Å². The second-order valence-electron chi connectivity index (χ2n) is 3.35. The van der Waals surface area contributed by atoms with Crippen molar-refractivity contribution in [2.45, 2.75) is 10.9 Å². The quantitative estimate of drug-likeness (QED) is 0.856. The lowest BCUT2D eigenvalue weighted by Gasteiger charge is -2.14. The van der Waals surface area contributed by atoms with Crippen molar-refractivity contribution in [1.29, 1.82) is 0 Å². The van der Waals surface area contributed by atoms with E-state index in [9.17, 15) is 0 Å². The molecule has 2 aromatic rings. The Hall–Kier alpha value is -0.290. The molecule has 0 saturated carbocycles. The van der Waals surface area contributed by atoms with Gasteiger partial charge in [0.15, 0.2) is 0 Å². The van der Waals surface area contributed by atoms with E-state index in [1.54, 1.807) is 23.1 Å². The van der Waals surface area contributed by atoms with Crippen LogP contribution in [0.25, 0.3) is 0 Å². The van der Waals surface area contributed by atoms with Crippen molar-refractivity contribution in [3.8, 4) is 0 Å². The molecule has 0 amide bonds. The van der Waals surface area contributed by atoms with Crippen LogP contribution in [-0.4, -0.2) is 6.26 Å². The van der Waals surface area contributed by atoms with E-state index in [2.05, 4.69) is 39.7 Å². The average molecular weight is 314 g/mol. The molecule has 84 valence electrons. The maximum atomic E-state index is 6.31. The van der Waals surface area contributed by atoms with Crippen LogP contribution >= 0.6 is 39.0 Å². The molecule has 0 aliphatic heterocycles. The third-order valence-corrected chi connectivity index (χ3v) is 5.17. The molecule has 0 spiro atoms. The van der Waals surface area contributed by atoms with Gasteiger partial charge in [0.25, 0.3) is 0 Å². The summed E-state index contributed by atoms with van der Waals surface area (Å²) in [6.07, 6.45) is 2.08. The Bertz CT molecular complexity index is 481. The van der Waals surface area contributed by atoms with Gasteiger partial charge in [-0.15, -0.1) is 23.1 Å². The Morgan fingerprint density at radius 2 is 2.06 bits per heavy atom. The van der Waals surface area contributed by atoms with Gasteiger partial charge in [-0.25, -0.2) is 0 Å². The summed E-state index contributed by atoms with van der Waals surface area (Å²) in [6, 6.07) is 10.3. The number of nitrogens with two attached hydrogens (primary N) is 1. The minimum Gasteiger partial charge on any atom is -0.320 e. The van der Waals surface area contributed by atoms with Crippen LogP contribution < -0.4 is 5.73 Å². The van der Waals surface area contributed by atoms with Crippen molar-refractivity contribution in [1.82, 2.24) is 0 Å². The van der Waals surface area contributed by atoms with Gasteiger partial charge in [0.2, 0.25) is 0 Å². The second-order valence-corrected chi connectivity index (χ2v) is 6.00. The van der Waals surface area contributed by atoms with Crippen LogP contribution in [0.3, 0.4) is 0 Å². The van der Waals surface area contributed by atoms with Crippen LogP contribution in [0.15, 0.2) is 45.1 Å². The highest BCUT2D eigenvalue weighted by atomic mass is 79.9. The molecule has 0 saturated heterocycles. The van der Waals surface area contributed by atoms with E-state index in [1.165, 1.54) is 15.3 Å². The van der Waals surface area contributed by atoms with Gasteiger partial charge in [0.1, 0.15) is 0 Å². The SMILES string of the molecule is CSc1ccccc1C(N)c1sccc1Br. The molecular formula is C12H12BrNS2. The molecule has 1 aromatic heterocycles. The molecule has 4 heteroatoms. The predicted octanol–water partition coefficient (Wildman–Crippen LogP) is 4.28. The third kappa shape index (κ3) is 2.35. The van der Waals surface area contributed by atoms with Crippen LogP contribution in [-0.2, 0) is 0 Å². The van der Waals surface area contributed by atoms with E-state index >= 15 is 0 Å². The van der Waals surface area contributed by atoms with Gasteiger partial charge in [0, 0.05) is 14.2 Å². The number of hydrogen-bond acceptors (Lipinski definition) is 3. The lowest BCUT2D eigenvalue weighted by molar-refractivity contribution is 0.864. The molecule has 2 N–H and O–H groups in total. The van der Waals surface area contributed by atoms with Gasteiger partial charge < -0.3 is 5.73 Å². The minimum absolute atomic E-state index is 0.0435. The van der Waals surface area contributed by atoms with E-state index in [0.717, 1.165) is 4.47 Å². The van der Waals surface area contributed by atoms with Crippen LogP contribution in [0.2, 0.25) is 0 Å². The first-order valence-electron chi connectivity index (χ1n) is 4.85. The summed E-state index contributed by atoms with van der Waals surface area (Å²) in [5.74, 6) is 0. The molecule has 0 fully saturated rings. The summed E-state index contributed by atoms with van der Waals surface area (Å²) in [4.78, 5) is 2.43. The summed E-state index contributed by atoms with van der Waals surface area (Å²) in [6.45, 7) is 0. The number of thioether (sulfide) groups is 1. The first-order valence-corrected chi connectivity index (χ1v) is 7.75. The molecule has 1 unspecified atom stereocenters. The summed E-state index contributed by atoms with van der Waals surface area (Å²) in [5.41, 5.74) is 7.50. The smallest absolute Gasteiger partial charge is 0.0668 e. The molecule has 1 heterocycles. The molecule has 0 bridgehead atoms. The molecule has 1 nitrogen and oxygen atoms in total. The topological polar surface area (TPSA) is 26.0 Å². The van der Waals surface area contributed by atoms with Gasteiger partial charge in [-0.05, 0) is 45.3 Å². The van der Waals surface area contributed by atoms with E-state index in [0.29, 0.717) is 0 Å². The zero-order chi connectivity index (χ0) is 11.5. The van der Waals surface area contributed by atoms with Crippen molar-refractivity contribution >= 4 is 39.0 Å². The summed E-state index contributed by atoms with van der Waals surface area (Å²) in [7, 11) is 0. The Kier molecular flexibility index (Phi) is 4.08. The second kappa shape index (κ2) is 5.36. The monoisotopic (exact) mass is 313 g/mol. The van der Waals surface area contributed by atoms with Gasteiger partial charge in [-0.2, -0.15) is 0 Å². The summed E-state index contributed by atoms with van der Waals surface area (Å²) >= 11 is 6.96. The number of halogens is 1. The van der Waals surface area contributed by atoms with Crippen molar-refractivity contribution in [3.05, 3.63) is 50.6 Å². The highest BCUT2D eigenvalue weighted by Gasteiger charge is 2.16. The number of thiophene rings is 1. The first-order chi connectivity index (χ1) is 7.74. The summed E-state index contributed by atoms with van der Waals surface area (Å²) < 4.78 is 1.10. The van der Waals surface area contributed by atoms with Crippen molar-refractivity contribution in [2.75, 3.05) is 6.26 Å². The average Bonchev–Trinajstić information content (AvgIpc) is 2.74. The first kappa shape index (κ1) is 12.2. The Morgan fingerprint density at radius 1 is 1.31 bits per heavy atom. The molecular weight excluding hydrogens is 302 g/mol. The minimum atomic E-state index is -0.0435. The fourth-order valence-electron chi connectivity index (χ4n) is 1.59. The normalized spacial score (nSPS) is 12.7. The van der Waals surface area contributed by atoms with E-state index in [1.807, 2.05) is 18.2 Å². The van der Waals surface area contributed by atoms with Crippen molar-refractivity contribution < 1.29 is 0 Å². The number of rotatable bonds is 3. The van der Waals surface area contributed by atoms with Gasteiger partial charge in [-0.1, -0.05) is 18.2 Å². The lowest BCUT2D eigenvalue weighted by atomic mass is 10.1. The third-order valence-electron chi connectivity index (χ3n) is 2.40. The Balaban J connectivity index is 2.41. The predicted molar refractivity (Wildman–Crippen MR) is 76.3 cm³/mol. The molecule has 1 aromatic carbocycles.